The van der Waals surface area contributed by atoms with Crippen molar-refractivity contribution in [2.75, 3.05) is 19.6 Å². The lowest BCUT2D eigenvalue weighted by Gasteiger charge is -2.36. The van der Waals surface area contributed by atoms with Crippen LogP contribution < -0.4 is 5.32 Å². The Morgan fingerprint density at radius 1 is 1.16 bits per heavy atom. The predicted octanol–water partition coefficient (Wildman–Crippen LogP) is 1.85. The zero-order valence-electron chi connectivity index (χ0n) is 16.6. The molecule has 3 heterocycles. The van der Waals surface area contributed by atoms with Gasteiger partial charge in [0.15, 0.2) is 0 Å². The molecule has 3 aromatic rings. The third-order valence-electron chi connectivity index (χ3n) is 4.42. The highest BCUT2D eigenvalue weighted by molar-refractivity contribution is 6.30. The largest absolute Gasteiger partial charge is 0.473 e. The molecule has 0 saturated carbocycles. The van der Waals surface area contributed by atoms with Crippen molar-refractivity contribution in [3.05, 3.63) is 59.3 Å². The second-order valence-electron chi connectivity index (χ2n) is 6.82. The molecule has 1 aliphatic rings. The summed E-state index contributed by atoms with van der Waals surface area (Å²) in [5.41, 5.74) is 0.820. The first-order valence-corrected chi connectivity index (χ1v) is 9.77. The minimum Gasteiger partial charge on any atom is -0.473 e. The number of carbonyl (C=O) groups is 3. The zero-order valence-corrected chi connectivity index (χ0v) is 17.4. The normalized spacial score (nSPS) is 13.5. The van der Waals surface area contributed by atoms with Crippen LogP contribution in [0.5, 0.6) is 0 Å². The maximum atomic E-state index is 11.9. The topological polar surface area (TPSA) is 159 Å². The Labute approximate surface area is 186 Å². The summed E-state index contributed by atoms with van der Waals surface area (Å²) in [4.78, 5) is 36.6. The molecule has 1 aromatic carbocycles. The Morgan fingerprint density at radius 3 is 2.53 bits per heavy atom. The van der Waals surface area contributed by atoms with Crippen LogP contribution in [0, 0.1) is 0 Å². The number of nitrogens with zero attached hydrogens (tertiary/aromatic N) is 3. The summed E-state index contributed by atoms with van der Waals surface area (Å²) < 4.78 is 10.6. The third-order valence-corrected chi connectivity index (χ3v) is 4.66. The van der Waals surface area contributed by atoms with Gasteiger partial charge >= 0.3 is 11.9 Å². The number of furan rings is 1. The van der Waals surface area contributed by atoms with Crippen molar-refractivity contribution >= 4 is 29.4 Å². The van der Waals surface area contributed by atoms with Crippen LogP contribution in [0.3, 0.4) is 0 Å². The predicted molar refractivity (Wildman–Crippen MR) is 110 cm³/mol. The van der Waals surface area contributed by atoms with E-state index in [0.29, 0.717) is 42.9 Å². The molecule has 168 valence electrons. The van der Waals surface area contributed by atoms with E-state index >= 15 is 0 Å². The van der Waals surface area contributed by atoms with E-state index in [1.807, 2.05) is 23.1 Å². The average Bonchev–Trinajstić information content (AvgIpc) is 3.41. The van der Waals surface area contributed by atoms with Crippen molar-refractivity contribution in [2.45, 2.75) is 12.5 Å². The average molecular weight is 463 g/mol. The van der Waals surface area contributed by atoms with Gasteiger partial charge in [-0.1, -0.05) is 28.9 Å². The first kappa shape index (κ1) is 23.0. The molecule has 1 amide bonds. The molecule has 0 unspecified atom stereocenters. The fourth-order valence-electron chi connectivity index (χ4n) is 2.86. The molecule has 1 saturated heterocycles. The maximum Gasteiger partial charge on any atom is 0.414 e. The maximum absolute atomic E-state index is 11.9. The highest BCUT2D eigenvalue weighted by Crippen LogP contribution is 2.28. The van der Waals surface area contributed by atoms with E-state index in [0.717, 1.165) is 11.3 Å². The minimum absolute atomic E-state index is 0.0370. The molecule has 0 bridgehead atoms. The van der Waals surface area contributed by atoms with Gasteiger partial charge in [-0.3, -0.25) is 9.69 Å². The Morgan fingerprint density at radius 2 is 1.91 bits per heavy atom. The molecule has 11 nitrogen and oxygen atoms in total. The van der Waals surface area contributed by atoms with Gasteiger partial charge in [0, 0.05) is 23.7 Å². The molecule has 2 aromatic heterocycles. The van der Waals surface area contributed by atoms with E-state index in [1.165, 1.54) is 0 Å². The summed E-state index contributed by atoms with van der Waals surface area (Å²) in [6, 6.07) is 11.0. The number of hydrogen-bond donors (Lipinski definition) is 3. The molecule has 1 aliphatic heterocycles. The zero-order chi connectivity index (χ0) is 23.1. The number of hydrogen-bond acceptors (Lipinski definition) is 8. The van der Waals surface area contributed by atoms with Crippen LogP contribution >= 0.6 is 11.6 Å². The van der Waals surface area contributed by atoms with Crippen molar-refractivity contribution in [3.8, 4) is 11.4 Å². The summed E-state index contributed by atoms with van der Waals surface area (Å²) in [6.07, 6.45) is 1.59. The number of likely N-dealkylation sites (tertiary alicyclic amines) is 1. The lowest BCUT2D eigenvalue weighted by atomic mass is 10.0. The first-order chi connectivity index (χ1) is 15.3. The summed E-state index contributed by atoms with van der Waals surface area (Å²) in [7, 11) is 0. The fourth-order valence-corrected chi connectivity index (χ4v) is 3.05. The highest BCUT2D eigenvalue weighted by atomic mass is 35.5. The summed E-state index contributed by atoms with van der Waals surface area (Å²) in [6.45, 7) is 2.17. The number of carboxylic acid groups (broad SMARTS) is 2. The molecule has 0 radical (unpaired) electrons. The first-order valence-electron chi connectivity index (χ1n) is 9.39. The third kappa shape index (κ3) is 6.40. The molecular formula is C20H19ClN4O7. The van der Waals surface area contributed by atoms with Gasteiger partial charge in [-0.25, -0.2) is 9.59 Å². The van der Waals surface area contributed by atoms with E-state index in [2.05, 4.69) is 15.5 Å². The number of carboxylic acids is 2. The Kier molecular flexibility index (Phi) is 7.58. The van der Waals surface area contributed by atoms with E-state index in [9.17, 15) is 4.79 Å². The number of halogens is 1. The van der Waals surface area contributed by atoms with E-state index < -0.39 is 11.9 Å². The van der Waals surface area contributed by atoms with Crippen molar-refractivity contribution in [1.29, 1.82) is 0 Å². The van der Waals surface area contributed by atoms with Gasteiger partial charge in [-0.2, -0.15) is 4.98 Å². The minimum atomic E-state index is -1.82. The standard InChI is InChI=1S/C18H17ClN4O3.C2H2O4/c19-14-4-1-3-12(7-14)17-21-18(26-22-17)13-9-23(10-13)11-16(24)20-8-15-5-2-6-25-15;3-1(4)2(5)6/h1-7,13H,8-11H2,(H,20,24);(H,3,4)(H,5,6). The molecule has 32 heavy (non-hydrogen) atoms. The summed E-state index contributed by atoms with van der Waals surface area (Å²) >= 11 is 5.99. The van der Waals surface area contributed by atoms with Gasteiger partial charge in [-0.05, 0) is 24.3 Å². The van der Waals surface area contributed by atoms with Crippen molar-refractivity contribution in [3.63, 3.8) is 0 Å². The van der Waals surface area contributed by atoms with Crippen LogP contribution in [0.1, 0.15) is 17.6 Å². The van der Waals surface area contributed by atoms with Crippen LogP contribution in [0.15, 0.2) is 51.6 Å². The number of benzene rings is 1. The van der Waals surface area contributed by atoms with Gasteiger partial charge in [0.1, 0.15) is 5.76 Å². The SMILES string of the molecule is O=C(CN1CC(c2nc(-c3cccc(Cl)c3)no2)C1)NCc1ccco1.O=C(O)C(=O)O. The van der Waals surface area contributed by atoms with Gasteiger partial charge in [-0.15, -0.1) is 0 Å². The van der Waals surface area contributed by atoms with Crippen molar-refractivity contribution in [2.24, 2.45) is 0 Å². The lowest BCUT2D eigenvalue weighted by Crippen LogP contribution is -2.49. The molecule has 12 heteroatoms. The number of amides is 1. The van der Waals surface area contributed by atoms with E-state index in [4.69, 9.17) is 40.3 Å². The molecule has 0 spiro atoms. The fraction of sp³-hybridized carbons (Fsp3) is 0.250. The van der Waals surface area contributed by atoms with Crippen LogP contribution in [0.4, 0.5) is 0 Å². The van der Waals surface area contributed by atoms with Gasteiger partial charge < -0.3 is 24.5 Å². The van der Waals surface area contributed by atoms with Crippen LogP contribution in [0.2, 0.25) is 5.02 Å². The smallest absolute Gasteiger partial charge is 0.414 e. The number of rotatable bonds is 6. The Bertz CT molecular complexity index is 1070. The van der Waals surface area contributed by atoms with Gasteiger partial charge in [0.05, 0.1) is 25.3 Å². The van der Waals surface area contributed by atoms with Crippen LogP contribution in [0.25, 0.3) is 11.4 Å². The van der Waals surface area contributed by atoms with Crippen molar-refractivity contribution < 1.29 is 33.5 Å². The summed E-state index contributed by atoms with van der Waals surface area (Å²) in [5.74, 6) is -1.69. The molecule has 0 aliphatic carbocycles. The number of aromatic nitrogens is 2. The molecule has 4 rings (SSSR count). The van der Waals surface area contributed by atoms with Crippen LogP contribution in [-0.2, 0) is 20.9 Å². The van der Waals surface area contributed by atoms with Crippen molar-refractivity contribution in [1.82, 2.24) is 20.4 Å². The summed E-state index contributed by atoms with van der Waals surface area (Å²) in [5, 5.41) is 22.3. The second kappa shape index (κ2) is 10.6. The van der Waals surface area contributed by atoms with Crippen LogP contribution in [-0.4, -0.2) is 62.7 Å². The van der Waals surface area contributed by atoms with Gasteiger partial charge in [0.25, 0.3) is 0 Å². The quantitative estimate of drug-likeness (QED) is 0.461. The van der Waals surface area contributed by atoms with E-state index in [-0.39, 0.29) is 11.8 Å². The van der Waals surface area contributed by atoms with E-state index in [1.54, 1.807) is 24.5 Å². The highest BCUT2D eigenvalue weighted by Gasteiger charge is 2.33. The monoisotopic (exact) mass is 462 g/mol. The number of nitrogens with one attached hydrogen (secondary N) is 1. The molecule has 0 atom stereocenters. The Balaban J connectivity index is 0.000000427. The van der Waals surface area contributed by atoms with Gasteiger partial charge in [0.2, 0.25) is 17.6 Å². The number of carbonyl (C=O) groups excluding carboxylic acids is 1. The number of aliphatic carboxylic acids is 2. The molecular weight excluding hydrogens is 444 g/mol. The molecule has 1 fully saturated rings. The second-order valence-corrected chi connectivity index (χ2v) is 7.26. The Hall–Kier alpha value is -3.70. The lowest BCUT2D eigenvalue weighted by molar-refractivity contribution is -0.159. The molecule has 3 N–H and O–H groups in total.